The fourth-order valence-electron chi connectivity index (χ4n) is 2.52. The normalized spacial score (nSPS) is 21.2. The van der Waals surface area contributed by atoms with E-state index in [1.54, 1.807) is 6.07 Å². The molecule has 3 rings (SSSR count). The Morgan fingerprint density at radius 2 is 2.35 bits per heavy atom. The van der Waals surface area contributed by atoms with E-state index in [0.29, 0.717) is 5.58 Å². The molecule has 0 spiro atoms. The molecule has 2 unspecified atom stereocenters. The van der Waals surface area contributed by atoms with Crippen molar-refractivity contribution in [3.8, 4) is 0 Å². The first-order valence-electron chi connectivity index (χ1n) is 6.89. The fourth-order valence-corrected chi connectivity index (χ4v) is 3.42. The number of rotatable bonds is 4. The summed E-state index contributed by atoms with van der Waals surface area (Å²) >= 11 is 1.89. The molecule has 2 atom stereocenters. The maximum absolute atomic E-state index is 13.3. The molecule has 2 aromatic rings. The lowest BCUT2D eigenvalue weighted by molar-refractivity contribution is 0.0418. The van der Waals surface area contributed by atoms with Gasteiger partial charge in [-0.2, -0.15) is 11.8 Å². The molecule has 1 aliphatic heterocycles. The molecular weight excluding hydrogens is 277 g/mol. The largest absolute Gasteiger partial charge is 0.459 e. The second kappa shape index (κ2) is 6.16. The molecule has 0 amide bonds. The number of likely N-dealkylation sites (N-methyl/N-ethyl adjacent to an activating group) is 1. The monoisotopic (exact) mass is 295 g/mol. The van der Waals surface area contributed by atoms with E-state index in [2.05, 4.69) is 12.2 Å². The lowest BCUT2D eigenvalue weighted by Gasteiger charge is -2.29. The van der Waals surface area contributed by atoms with Gasteiger partial charge in [-0.1, -0.05) is 6.92 Å². The van der Waals surface area contributed by atoms with E-state index >= 15 is 0 Å². The molecule has 0 bridgehead atoms. The summed E-state index contributed by atoms with van der Waals surface area (Å²) in [4.78, 5) is 0. The molecule has 1 aliphatic rings. The summed E-state index contributed by atoms with van der Waals surface area (Å²) in [6.45, 7) is 3.66. The highest BCUT2D eigenvalue weighted by molar-refractivity contribution is 7.99. The maximum Gasteiger partial charge on any atom is 0.134 e. The first-order chi connectivity index (χ1) is 9.78. The molecule has 1 aromatic carbocycles. The van der Waals surface area contributed by atoms with Crippen LogP contribution in [0.3, 0.4) is 0 Å². The van der Waals surface area contributed by atoms with E-state index in [1.165, 1.54) is 12.1 Å². The van der Waals surface area contributed by atoms with Crippen molar-refractivity contribution in [1.82, 2.24) is 5.32 Å². The van der Waals surface area contributed by atoms with Crippen LogP contribution in [-0.2, 0) is 4.74 Å². The van der Waals surface area contributed by atoms with Crippen LogP contribution in [0.25, 0.3) is 11.0 Å². The van der Waals surface area contributed by atoms with Crippen LogP contribution >= 0.6 is 11.8 Å². The molecule has 2 heterocycles. The van der Waals surface area contributed by atoms with Crippen LogP contribution in [0, 0.1) is 5.82 Å². The molecule has 1 saturated heterocycles. The van der Waals surface area contributed by atoms with Crippen molar-refractivity contribution in [2.45, 2.75) is 19.1 Å². The Kier molecular flexibility index (Phi) is 4.29. The van der Waals surface area contributed by atoms with E-state index in [-0.39, 0.29) is 18.0 Å². The highest BCUT2D eigenvalue weighted by Crippen LogP contribution is 2.30. The van der Waals surface area contributed by atoms with E-state index in [4.69, 9.17) is 9.15 Å². The third-order valence-electron chi connectivity index (χ3n) is 3.44. The number of halogens is 1. The van der Waals surface area contributed by atoms with Gasteiger partial charge in [0, 0.05) is 16.9 Å². The third kappa shape index (κ3) is 2.85. The van der Waals surface area contributed by atoms with Crippen molar-refractivity contribution in [2.24, 2.45) is 0 Å². The van der Waals surface area contributed by atoms with Gasteiger partial charge in [-0.25, -0.2) is 4.39 Å². The van der Waals surface area contributed by atoms with Crippen LogP contribution in [0.5, 0.6) is 0 Å². The summed E-state index contributed by atoms with van der Waals surface area (Å²) in [5.74, 6) is 2.57. The SMILES string of the molecule is CCNC(c1cc2cc(F)ccc2o1)C1CSCCO1. The second-order valence-electron chi connectivity index (χ2n) is 4.85. The molecule has 1 fully saturated rings. The Morgan fingerprint density at radius 1 is 1.45 bits per heavy atom. The molecule has 0 aliphatic carbocycles. The zero-order chi connectivity index (χ0) is 13.9. The smallest absolute Gasteiger partial charge is 0.134 e. The highest BCUT2D eigenvalue weighted by Gasteiger charge is 2.28. The second-order valence-corrected chi connectivity index (χ2v) is 6.00. The predicted octanol–water partition coefficient (Wildman–Crippen LogP) is 3.35. The van der Waals surface area contributed by atoms with Gasteiger partial charge in [-0.3, -0.25) is 0 Å². The van der Waals surface area contributed by atoms with Crippen molar-refractivity contribution >= 4 is 22.7 Å². The molecule has 1 N–H and O–H groups in total. The van der Waals surface area contributed by atoms with Crippen molar-refractivity contribution < 1.29 is 13.5 Å². The summed E-state index contributed by atoms with van der Waals surface area (Å²) in [5, 5.41) is 4.22. The van der Waals surface area contributed by atoms with Crippen LogP contribution in [0.1, 0.15) is 18.7 Å². The minimum atomic E-state index is -0.241. The van der Waals surface area contributed by atoms with Crippen molar-refractivity contribution in [3.05, 3.63) is 35.8 Å². The zero-order valence-electron chi connectivity index (χ0n) is 11.4. The maximum atomic E-state index is 13.3. The summed E-state index contributed by atoms with van der Waals surface area (Å²) in [6, 6.07) is 6.53. The summed E-state index contributed by atoms with van der Waals surface area (Å²) < 4.78 is 25.0. The fraction of sp³-hybridized carbons (Fsp3) is 0.467. The molecule has 5 heteroatoms. The Balaban J connectivity index is 1.91. The summed E-state index contributed by atoms with van der Waals surface area (Å²) in [6.07, 6.45) is 0.0964. The zero-order valence-corrected chi connectivity index (χ0v) is 12.2. The van der Waals surface area contributed by atoms with Gasteiger partial charge in [-0.05, 0) is 30.8 Å². The van der Waals surface area contributed by atoms with Crippen LogP contribution in [-0.4, -0.2) is 30.8 Å². The van der Waals surface area contributed by atoms with Crippen molar-refractivity contribution in [3.63, 3.8) is 0 Å². The van der Waals surface area contributed by atoms with Crippen molar-refractivity contribution in [2.75, 3.05) is 24.7 Å². The molecule has 0 saturated carbocycles. The third-order valence-corrected chi connectivity index (χ3v) is 4.46. The van der Waals surface area contributed by atoms with Crippen LogP contribution in [0.4, 0.5) is 4.39 Å². The topological polar surface area (TPSA) is 34.4 Å². The van der Waals surface area contributed by atoms with Crippen LogP contribution < -0.4 is 5.32 Å². The lowest BCUT2D eigenvalue weighted by atomic mass is 10.1. The lowest BCUT2D eigenvalue weighted by Crippen LogP contribution is -2.37. The van der Waals surface area contributed by atoms with Gasteiger partial charge in [0.25, 0.3) is 0 Å². The first-order valence-corrected chi connectivity index (χ1v) is 8.05. The van der Waals surface area contributed by atoms with Crippen LogP contribution in [0.2, 0.25) is 0 Å². The molecule has 1 aromatic heterocycles. The number of fused-ring (bicyclic) bond motifs is 1. The summed E-state index contributed by atoms with van der Waals surface area (Å²) in [7, 11) is 0. The van der Waals surface area contributed by atoms with Gasteiger partial charge in [0.15, 0.2) is 0 Å². The molecule has 20 heavy (non-hydrogen) atoms. The Labute approximate surface area is 121 Å². The average Bonchev–Trinajstić information content (AvgIpc) is 2.88. The Bertz CT molecular complexity index is 580. The molecule has 0 radical (unpaired) electrons. The van der Waals surface area contributed by atoms with E-state index in [9.17, 15) is 4.39 Å². The number of hydrogen-bond donors (Lipinski definition) is 1. The first kappa shape index (κ1) is 13.9. The van der Waals surface area contributed by atoms with Gasteiger partial charge in [-0.15, -0.1) is 0 Å². The van der Waals surface area contributed by atoms with E-state index < -0.39 is 0 Å². The van der Waals surface area contributed by atoms with Gasteiger partial charge in [0.1, 0.15) is 17.2 Å². The van der Waals surface area contributed by atoms with Crippen molar-refractivity contribution in [1.29, 1.82) is 0 Å². The predicted molar refractivity (Wildman–Crippen MR) is 79.7 cm³/mol. The number of ether oxygens (including phenoxy) is 1. The number of hydrogen-bond acceptors (Lipinski definition) is 4. The standard InChI is InChI=1S/C15H18FNO2S/c1-2-17-15(14-9-20-6-5-18-14)13-8-10-7-11(16)3-4-12(10)19-13/h3-4,7-8,14-15,17H,2,5-6,9H2,1H3. The van der Waals surface area contributed by atoms with Gasteiger partial charge in [0.2, 0.25) is 0 Å². The minimum Gasteiger partial charge on any atom is -0.459 e. The van der Waals surface area contributed by atoms with E-state index in [0.717, 1.165) is 35.8 Å². The molecule has 3 nitrogen and oxygen atoms in total. The summed E-state index contributed by atoms with van der Waals surface area (Å²) in [5.41, 5.74) is 0.716. The highest BCUT2D eigenvalue weighted by atomic mass is 32.2. The number of nitrogens with one attached hydrogen (secondary N) is 1. The molecule has 108 valence electrons. The number of furan rings is 1. The quantitative estimate of drug-likeness (QED) is 0.938. The number of thioether (sulfide) groups is 1. The molecular formula is C15H18FNO2S. The minimum absolute atomic E-state index is 0.0169. The number of benzene rings is 1. The van der Waals surface area contributed by atoms with Gasteiger partial charge >= 0.3 is 0 Å². The van der Waals surface area contributed by atoms with Gasteiger partial charge < -0.3 is 14.5 Å². The van der Waals surface area contributed by atoms with Crippen LogP contribution in [0.15, 0.2) is 28.7 Å². The van der Waals surface area contributed by atoms with Gasteiger partial charge in [0.05, 0.1) is 18.8 Å². The van der Waals surface area contributed by atoms with E-state index in [1.807, 2.05) is 17.8 Å². The Hall–Kier alpha value is -1.04. The average molecular weight is 295 g/mol. The Morgan fingerprint density at radius 3 is 3.10 bits per heavy atom.